The van der Waals surface area contributed by atoms with Crippen molar-refractivity contribution < 1.29 is 14.3 Å². The van der Waals surface area contributed by atoms with Gasteiger partial charge < -0.3 is 10.0 Å². The molecule has 1 amide bonds. The Balaban J connectivity index is 2.00. The zero-order chi connectivity index (χ0) is 15.1. The maximum Gasteiger partial charge on any atom is 0.231 e. The van der Waals surface area contributed by atoms with E-state index in [1.807, 2.05) is 6.07 Å². The Kier molecular flexibility index (Phi) is 3.55. The number of anilines is 1. The Bertz CT molecular complexity index is 732. The number of fused-ring (bicyclic) bond motifs is 1. The SMILES string of the molecule is CN1C(=O)Cc2cc(C(O)c3cccc(F)c3Br)ccc21. The van der Waals surface area contributed by atoms with Crippen LogP contribution in [0.15, 0.2) is 40.9 Å². The molecule has 108 valence electrons. The first-order chi connectivity index (χ1) is 9.99. The standard InChI is InChI=1S/C16H13BrFNO2/c1-19-13-6-5-9(7-10(13)8-14(19)20)16(21)11-3-2-4-12(18)15(11)17/h2-7,16,21H,8H2,1H3. The Morgan fingerprint density at radius 3 is 2.86 bits per heavy atom. The van der Waals surface area contributed by atoms with Crippen LogP contribution in [0.1, 0.15) is 22.8 Å². The summed E-state index contributed by atoms with van der Waals surface area (Å²) in [5, 5.41) is 10.5. The number of likely N-dealkylation sites (N-methyl/N-ethyl adjacent to an activating group) is 1. The molecule has 1 unspecified atom stereocenters. The molecule has 2 aromatic rings. The van der Waals surface area contributed by atoms with Crippen molar-refractivity contribution in [2.45, 2.75) is 12.5 Å². The summed E-state index contributed by atoms with van der Waals surface area (Å²) in [5.74, 6) is -0.383. The third-order valence-corrected chi connectivity index (χ3v) is 4.61. The van der Waals surface area contributed by atoms with E-state index in [0.717, 1.165) is 11.3 Å². The monoisotopic (exact) mass is 349 g/mol. The summed E-state index contributed by atoms with van der Waals surface area (Å²) < 4.78 is 13.8. The minimum absolute atomic E-state index is 0.0311. The van der Waals surface area contributed by atoms with Crippen LogP contribution in [0.5, 0.6) is 0 Å². The maximum atomic E-state index is 13.6. The first kappa shape index (κ1) is 14.2. The van der Waals surface area contributed by atoms with Crippen molar-refractivity contribution in [1.82, 2.24) is 0 Å². The van der Waals surface area contributed by atoms with Gasteiger partial charge >= 0.3 is 0 Å². The molecule has 1 atom stereocenters. The van der Waals surface area contributed by atoms with Crippen molar-refractivity contribution >= 4 is 27.5 Å². The quantitative estimate of drug-likeness (QED) is 0.904. The molecule has 0 aromatic heterocycles. The van der Waals surface area contributed by atoms with Crippen LogP contribution in [0.2, 0.25) is 0 Å². The molecule has 1 aliphatic heterocycles. The highest BCUT2D eigenvalue weighted by Crippen LogP contribution is 2.34. The van der Waals surface area contributed by atoms with Crippen molar-refractivity contribution in [3.63, 3.8) is 0 Å². The lowest BCUT2D eigenvalue weighted by atomic mass is 9.98. The van der Waals surface area contributed by atoms with Crippen LogP contribution in [-0.2, 0) is 11.2 Å². The summed E-state index contributed by atoms with van der Waals surface area (Å²) in [6.45, 7) is 0. The van der Waals surface area contributed by atoms with Gasteiger partial charge in [0.25, 0.3) is 0 Å². The number of hydrogen-bond acceptors (Lipinski definition) is 2. The lowest BCUT2D eigenvalue weighted by Gasteiger charge is -2.16. The molecule has 2 aromatic carbocycles. The number of hydrogen-bond donors (Lipinski definition) is 1. The second-order valence-corrected chi connectivity index (χ2v) is 5.86. The number of rotatable bonds is 2. The fraction of sp³-hybridized carbons (Fsp3) is 0.188. The van der Waals surface area contributed by atoms with E-state index >= 15 is 0 Å². The number of amides is 1. The van der Waals surface area contributed by atoms with Crippen LogP contribution < -0.4 is 4.90 Å². The third kappa shape index (κ3) is 2.36. The first-order valence-electron chi connectivity index (χ1n) is 6.50. The first-order valence-corrected chi connectivity index (χ1v) is 7.29. The molecular formula is C16H13BrFNO2. The number of aliphatic hydroxyl groups excluding tert-OH is 1. The molecule has 0 saturated heterocycles. The average Bonchev–Trinajstić information content (AvgIpc) is 2.76. The summed E-state index contributed by atoms with van der Waals surface area (Å²) in [6.07, 6.45) is -0.613. The zero-order valence-electron chi connectivity index (χ0n) is 11.3. The highest BCUT2D eigenvalue weighted by molar-refractivity contribution is 9.10. The van der Waals surface area contributed by atoms with Gasteiger partial charge in [0, 0.05) is 18.3 Å². The minimum Gasteiger partial charge on any atom is -0.384 e. The van der Waals surface area contributed by atoms with Crippen molar-refractivity contribution in [1.29, 1.82) is 0 Å². The number of nitrogens with zero attached hydrogens (tertiary/aromatic N) is 1. The molecule has 21 heavy (non-hydrogen) atoms. The van der Waals surface area contributed by atoms with Crippen LogP contribution in [0.4, 0.5) is 10.1 Å². The Morgan fingerprint density at radius 1 is 1.33 bits per heavy atom. The van der Waals surface area contributed by atoms with Crippen molar-refractivity contribution in [3.8, 4) is 0 Å². The van der Waals surface area contributed by atoms with Gasteiger partial charge in [-0.15, -0.1) is 0 Å². The molecule has 0 radical (unpaired) electrons. The summed E-state index contributed by atoms with van der Waals surface area (Å²) in [6, 6.07) is 9.93. The normalized spacial score (nSPS) is 15.2. The van der Waals surface area contributed by atoms with Gasteiger partial charge in [0.2, 0.25) is 5.91 Å². The fourth-order valence-electron chi connectivity index (χ4n) is 2.57. The maximum absolute atomic E-state index is 13.6. The molecular weight excluding hydrogens is 337 g/mol. The lowest BCUT2D eigenvalue weighted by Crippen LogP contribution is -2.20. The molecule has 0 spiro atoms. The summed E-state index contributed by atoms with van der Waals surface area (Å²) in [4.78, 5) is 13.3. The van der Waals surface area contributed by atoms with Crippen LogP contribution in [0.3, 0.4) is 0 Å². The Hall–Kier alpha value is -1.72. The second-order valence-electron chi connectivity index (χ2n) is 5.06. The smallest absolute Gasteiger partial charge is 0.231 e. The van der Waals surface area contributed by atoms with Gasteiger partial charge in [0.1, 0.15) is 11.9 Å². The van der Waals surface area contributed by atoms with Crippen molar-refractivity contribution in [2.24, 2.45) is 0 Å². The number of halogens is 2. The topological polar surface area (TPSA) is 40.5 Å². The zero-order valence-corrected chi connectivity index (χ0v) is 12.9. The molecule has 1 aliphatic rings. The second kappa shape index (κ2) is 5.24. The van der Waals surface area contributed by atoms with Gasteiger partial charge in [0.15, 0.2) is 0 Å². The Labute approximate surface area is 130 Å². The van der Waals surface area contributed by atoms with Crippen LogP contribution >= 0.6 is 15.9 Å². The molecule has 0 aliphatic carbocycles. The third-order valence-electron chi connectivity index (χ3n) is 3.77. The van der Waals surface area contributed by atoms with Crippen LogP contribution in [-0.4, -0.2) is 18.1 Å². The molecule has 0 bridgehead atoms. The molecule has 0 fully saturated rings. The van der Waals surface area contributed by atoms with Gasteiger partial charge in [-0.05, 0) is 39.2 Å². The number of aliphatic hydroxyl groups is 1. The van der Waals surface area contributed by atoms with Crippen LogP contribution in [0, 0.1) is 5.82 Å². The lowest BCUT2D eigenvalue weighted by molar-refractivity contribution is -0.117. The van der Waals surface area contributed by atoms with E-state index in [9.17, 15) is 14.3 Å². The van der Waals surface area contributed by atoms with E-state index in [2.05, 4.69) is 15.9 Å². The van der Waals surface area contributed by atoms with Gasteiger partial charge in [-0.2, -0.15) is 0 Å². The highest BCUT2D eigenvalue weighted by atomic mass is 79.9. The van der Waals surface area contributed by atoms with Gasteiger partial charge in [0.05, 0.1) is 10.9 Å². The molecule has 3 rings (SSSR count). The van der Waals surface area contributed by atoms with E-state index in [1.54, 1.807) is 36.2 Å². The average molecular weight is 350 g/mol. The largest absolute Gasteiger partial charge is 0.384 e. The van der Waals surface area contributed by atoms with Crippen LogP contribution in [0.25, 0.3) is 0 Å². The van der Waals surface area contributed by atoms with Gasteiger partial charge in [-0.3, -0.25) is 4.79 Å². The van der Waals surface area contributed by atoms with E-state index < -0.39 is 11.9 Å². The Morgan fingerprint density at radius 2 is 2.10 bits per heavy atom. The van der Waals surface area contributed by atoms with E-state index in [0.29, 0.717) is 17.5 Å². The van der Waals surface area contributed by atoms with Gasteiger partial charge in [-0.25, -0.2) is 4.39 Å². The highest BCUT2D eigenvalue weighted by Gasteiger charge is 2.25. The predicted octanol–water partition coefficient (Wildman–Crippen LogP) is 3.19. The number of carbonyl (C=O) groups is 1. The van der Waals surface area contributed by atoms with E-state index in [1.165, 1.54) is 6.07 Å². The van der Waals surface area contributed by atoms with E-state index in [4.69, 9.17) is 0 Å². The summed E-state index contributed by atoms with van der Waals surface area (Å²) in [5.41, 5.74) is 2.84. The summed E-state index contributed by atoms with van der Waals surface area (Å²) >= 11 is 3.16. The van der Waals surface area contributed by atoms with Crippen molar-refractivity contribution in [2.75, 3.05) is 11.9 Å². The number of benzene rings is 2. The molecule has 5 heteroatoms. The predicted molar refractivity (Wildman–Crippen MR) is 81.7 cm³/mol. The molecule has 0 saturated carbocycles. The van der Waals surface area contributed by atoms with E-state index in [-0.39, 0.29) is 10.4 Å². The number of carbonyl (C=O) groups excluding carboxylic acids is 1. The molecule has 3 nitrogen and oxygen atoms in total. The minimum atomic E-state index is -0.943. The van der Waals surface area contributed by atoms with Crippen molar-refractivity contribution in [3.05, 3.63) is 63.4 Å². The molecule has 1 N–H and O–H groups in total. The molecule has 1 heterocycles. The fourth-order valence-corrected chi connectivity index (χ4v) is 3.05. The summed E-state index contributed by atoms with van der Waals surface area (Å²) in [7, 11) is 1.73. The van der Waals surface area contributed by atoms with Gasteiger partial charge in [-0.1, -0.05) is 24.3 Å².